The van der Waals surface area contributed by atoms with E-state index in [9.17, 15) is 0 Å². The summed E-state index contributed by atoms with van der Waals surface area (Å²) in [6.07, 6.45) is 2.03. The van der Waals surface area contributed by atoms with Crippen molar-refractivity contribution in [2.75, 3.05) is 0 Å². The molecule has 170 valence electrons. The van der Waals surface area contributed by atoms with Crippen molar-refractivity contribution in [2.45, 2.75) is 6.92 Å². The van der Waals surface area contributed by atoms with Crippen LogP contribution in [-0.2, 0) is 7.05 Å². The number of furan rings is 1. The number of pyridine rings is 1. The molecule has 0 fully saturated rings. The van der Waals surface area contributed by atoms with E-state index in [0.717, 1.165) is 43.2 Å². The van der Waals surface area contributed by atoms with Gasteiger partial charge in [-0.25, -0.2) is 0 Å². The molecular formula is C31H23FNOSe+. The van der Waals surface area contributed by atoms with Crippen molar-refractivity contribution < 1.29 is 13.4 Å². The number of nitrogens with zero attached hydrogens (tertiary/aromatic N) is 1. The molecular weight excluding hydrogens is 500 g/mol. The minimum absolute atomic E-state index is 0.216. The van der Waals surface area contributed by atoms with Gasteiger partial charge in [0.05, 0.1) is 0 Å². The molecule has 4 heteroatoms. The molecule has 2 aromatic heterocycles. The van der Waals surface area contributed by atoms with Crippen molar-refractivity contribution >= 4 is 45.8 Å². The molecule has 6 aromatic rings. The van der Waals surface area contributed by atoms with Crippen LogP contribution in [0.25, 0.3) is 44.3 Å². The van der Waals surface area contributed by atoms with Crippen LogP contribution >= 0.6 is 0 Å². The maximum atomic E-state index is 15.2. The molecule has 0 saturated carbocycles. The number of fused-ring (bicyclic) bond motifs is 3. The van der Waals surface area contributed by atoms with Crippen molar-refractivity contribution in [2.24, 2.45) is 7.05 Å². The Morgan fingerprint density at radius 3 is 2.17 bits per heavy atom. The molecule has 0 atom stereocenters. The molecule has 6 rings (SSSR count). The van der Waals surface area contributed by atoms with E-state index in [1.54, 1.807) is 6.07 Å². The third-order valence-corrected chi connectivity index (χ3v) is 8.71. The summed E-state index contributed by atoms with van der Waals surface area (Å²) in [5, 5.41) is 1.97. The second-order valence-electron chi connectivity index (χ2n) is 8.68. The molecule has 0 saturated heterocycles. The standard InChI is InChI=1S/C31H23FNOSe/c1-20-11-16-24-25-17-18-26(32)31(30(25)34-29(24)28(20)27-10-6-7-19-33(27)2)35-23-14-12-22(13-15-23)21-8-4-3-5-9-21/h3-19H,1-2H3/q+1. The normalized spacial score (nSPS) is 11.4. The number of benzene rings is 4. The SMILES string of the molecule is Cc1ccc2c(oc3c([Se]c4ccc(-c5ccccc5)cc4)c(F)ccc32)c1-c1cccc[n+]1C. The summed E-state index contributed by atoms with van der Waals surface area (Å²) < 4.78 is 25.6. The van der Waals surface area contributed by atoms with E-state index in [1.807, 2.05) is 49.6 Å². The molecule has 0 aliphatic heterocycles. The van der Waals surface area contributed by atoms with Gasteiger partial charge in [0, 0.05) is 0 Å². The number of halogens is 1. The second-order valence-corrected chi connectivity index (χ2v) is 11.0. The van der Waals surface area contributed by atoms with Gasteiger partial charge in [-0.05, 0) is 0 Å². The number of aryl methyl sites for hydroxylation is 2. The Morgan fingerprint density at radius 1 is 0.714 bits per heavy atom. The van der Waals surface area contributed by atoms with Crippen LogP contribution < -0.4 is 13.5 Å². The van der Waals surface area contributed by atoms with Gasteiger partial charge in [-0.3, -0.25) is 0 Å². The van der Waals surface area contributed by atoms with Gasteiger partial charge in [0.25, 0.3) is 0 Å². The average Bonchev–Trinajstić information content (AvgIpc) is 3.26. The Morgan fingerprint density at radius 2 is 1.40 bits per heavy atom. The molecule has 0 aliphatic carbocycles. The van der Waals surface area contributed by atoms with Crippen LogP contribution in [0, 0.1) is 12.7 Å². The molecule has 0 bridgehead atoms. The first-order valence-electron chi connectivity index (χ1n) is 11.5. The van der Waals surface area contributed by atoms with Crippen LogP contribution in [0.15, 0.2) is 108 Å². The van der Waals surface area contributed by atoms with Crippen molar-refractivity contribution in [3.8, 4) is 22.4 Å². The Kier molecular flexibility index (Phi) is 5.48. The molecule has 4 aromatic carbocycles. The molecule has 2 heterocycles. The Hall–Kier alpha value is -3.72. The van der Waals surface area contributed by atoms with Gasteiger partial charge in [0.2, 0.25) is 0 Å². The van der Waals surface area contributed by atoms with Gasteiger partial charge in [0.1, 0.15) is 0 Å². The van der Waals surface area contributed by atoms with Crippen LogP contribution in [0.4, 0.5) is 4.39 Å². The van der Waals surface area contributed by atoms with Gasteiger partial charge in [-0.2, -0.15) is 0 Å². The van der Waals surface area contributed by atoms with Crippen molar-refractivity contribution in [1.29, 1.82) is 0 Å². The van der Waals surface area contributed by atoms with Crippen LogP contribution in [0.3, 0.4) is 0 Å². The molecule has 0 unspecified atom stereocenters. The van der Waals surface area contributed by atoms with Crippen molar-refractivity contribution in [3.05, 3.63) is 115 Å². The van der Waals surface area contributed by atoms with Gasteiger partial charge >= 0.3 is 210 Å². The number of hydrogen-bond donors (Lipinski definition) is 0. The predicted octanol–water partition coefficient (Wildman–Crippen LogP) is 5.85. The molecule has 0 N–H and O–H groups in total. The fourth-order valence-electron chi connectivity index (χ4n) is 4.61. The third kappa shape index (κ3) is 3.85. The Labute approximate surface area is 209 Å². The summed E-state index contributed by atoms with van der Waals surface area (Å²) in [6.45, 7) is 2.09. The number of hydrogen-bond acceptors (Lipinski definition) is 1. The third-order valence-electron chi connectivity index (χ3n) is 6.42. The monoisotopic (exact) mass is 524 g/mol. The van der Waals surface area contributed by atoms with Crippen molar-refractivity contribution in [1.82, 2.24) is 0 Å². The Bertz CT molecular complexity index is 1690. The molecule has 0 aliphatic rings. The van der Waals surface area contributed by atoms with E-state index in [-0.39, 0.29) is 20.8 Å². The van der Waals surface area contributed by atoms with Gasteiger partial charge in [-0.15, -0.1) is 0 Å². The van der Waals surface area contributed by atoms with Gasteiger partial charge in [0.15, 0.2) is 0 Å². The van der Waals surface area contributed by atoms with E-state index in [0.29, 0.717) is 10.0 Å². The minimum atomic E-state index is -0.237. The predicted molar refractivity (Wildman–Crippen MR) is 142 cm³/mol. The number of aromatic nitrogens is 1. The first kappa shape index (κ1) is 21.8. The summed E-state index contributed by atoms with van der Waals surface area (Å²) in [7, 11) is 2.03. The quantitative estimate of drug-likeness (QED) is 0.209. The topological polar surface area (TPSA) is 17.0 Å². The zero-order chi connectivity index (χ0) is 23.9. The zero-order valence-electron chi connectivity index (χ0n) is 19.5. The van der Waals surface area contributed by atoms with E-state index >= 15 is 4.39 Å². The first-order valence-corrected chi connectivity index (χ1v) is 13.2. The fourth-order valence-corrected chi connectivity index (χ4v) is 6.54. The van der Waals surface area contributed by atoms with Crippen LogP contribution in [0.2, 0.25) is 0 Å². The average molecular weight is 523 g/mol. The fraction of sp³-hybridized carbons (Fsp3) is 0.0645. The van der Waals surface area contributed by atoms with Crippen molar-refractivity contribution in [3.63, 3.8) is 0 Å². The summed E-state index contributed by atoms with van der Waals surface area (Å²) in [6, 6.07) is 32.5. The number of rotatable bonds is 4. The van der Waals surface area contributed by atoms with Gasteiger partial charge < -0.3 is 0 Å². The van der Waals surface area contributed by atoms with Crippen LogP contribution in [0.1, 0.15) is 5.56 Å². The zero-order valence-corrected chi connectivity index (χ0v) is 21.2. The first-order chi connectivity index (χ1) is 17.1. The second kappa shape index (κ2) is 8.81. The summed E-state index contributed by atoms with van der Waals surface area (Å²) in [5.41, 5.74) is 7.04. The van der Waals surface area contributed by atoms with Gasteiger partial charge in [-0.1, -0.05) is 0 Å². The Balaban J connectivity index is 1.48. The summed E-state index contributed by atoms with van der Waals surface area (Å²) in [5.74, 6) is -0.216. The molecule has 0 radical (unpaired) electrons. The molecule has 35 heavy (non-hydrogen) atoms. The maximum absolute atomic E-state index is 15.2. The van der Waals surface area contributed by atoms with E-state index in [4.69, 9.17) is 4.42 Å². The molecule has 0 amide bonds. The van der Waals surface area contributed by atoms with E-state index < -0.39 is 0 Å². The van der Waals surface area contributed by atoms with Crippen LogP contribution in [0.5, 0.6) is 0 Å². The molecule has 2 nitrogen and oxygen atoms in total. The van der Waals surface area contributed by atoms with E-state index in [2.05, 4.69) is 66.1 Å². The van der Waals surface area contributed by atoms with Crippen LogP contribution in [-0.4, -0.2) is 15.0 Å². The van der Waals surface area contributed by atoms with E-state index in [1.165, 1.54) is 5.56 Å². The summed E-state index contributed by atoms with van der Waals surface area (Å²) in [4.78, 5) is 0. The molecule has 0 spiro atoms. The summed E-state index contributed by atoms with van der Waals surface area (Å²) >= 11 is -0.237.